The number of ether oxygens (including phenoxy) is 1. The fraction of sp³-hybridized carbons (Fsp3) is 0.421. The van der Waals surface area contributed by atoms with Crippen LogP contribution in [-0.4, -0.2) is 36.6 Å². The maximum atomic E-state index is 13.4. The first-order chi connectivity index (χ1) is 12.2. The average Bonchev–Trinajstić information content (AvgIpc) is 3.26. The number of halogens is 1. The fourth-order valence-electron chi connectivity index (χ4n) is 3.01. The number of nitrogens with one attached hydrogen (secondary N) is 1. The Morgan fingerprint density at radius 2 is 2.24 bits per heavy atom. The number of furan rings is 1. The van der Waals surface area contributed by atoms with Crippen molar-refractivity contribution in [2.75, 3.05) is 19.7 Å². The molecule has 1 N–H and O–H groups in total. The highest BCUT2D eigenvalue weighted by Crippen LogP contribution is 2.15. The van der Waals surface area contributed by atoms with Crippen molar-refractivity contribution < 1.29 is 18.3 Å². The third-order valence-corrected chi connectivity index (χ3v) is 4.19. The molecular weight excluding hydrogens is 323 g/mol. The maximum absolute atomic E-state index is 13.4. The summed E-state index contributed by atoms with van der Waals surface area (Å²) in [5.74, 6) is 0.354. The van der Waals surface area contributed by atoms with E-state index in [1.165, 1.54) is 12.1 Å². The van der Waals surface area contributed by atoms with Gasteiger partial charge in [0, 0.05) is 19.7 Å². The van der Waals surface area contributed by atoms with Gasteiger partial charge in [-0.25, -0.2) is 4.39 Å². The lowest BCUT2D eigenvalue weighted by molar-refractivity contribution is -0.123. The summed E-state index contributed by atoms with van der Waals surface area (Å²) in [6.07, 6.45) is 3.75. The summed E-state index contributed by atoms with van der Waals surface area (Å²) in [5, 5.41) is 2.85. The van der Waals surface area contributed by atoms with Crippen molar-refractivity contribution in [2.24, 2.45) is 0 Å². The summed E-state index contributed by atoms with van der Waals surface area (Å²) >= 11 is 0. The molecule has 2 heterocycles. The van der Waals surface area contributed by atoms with Crippen LogP contribution in [0.2, 0.25) is 0 Å². The van der Waals surface area contributed by atoms with Gasteiger partial charge in [0.25, 0.3) is 0 Å². The lowest BCUT2D eigenvalue weighted by Gasteiger charge is -2.24. The van der Waals surface area contributed by atoms with Gasteiger partial charge in [0.15, 0.2) is 0 Å². The third kappa shape index (κ3) is 5.69. The Labute approximate surface area is 146 Å². The Morgan fingerprint density at radius 1 is 1.32 bits per heavy atom. The Kier molecular flexibility index (Phi) is 6.19. The molecule has 1 amide bonds. The van der Waals surface area contributed by atoms with Gasteiger partial charge in [0.2, 0.25) is 5.91 Å². The van der Waals surface area contributed by atoms with E-state index in [-0.39, 0.29) is 24.4 Å². The molecule has 134 valence electrons. The van der Waals surface area contributed by atoms with Gasteiger partial charge in [-0.2, -0.15) is 0 Å². The Hall–Kier alpha value is -2.18. The van der Waals surface area contributed by atoms with Crippen LogP contribution in [0.5, 0.6) is 0 Å². The highest BCUT2D eigenvalue weighted by molar-refractivity contribution is 5.77. The average molecular weight is 346 g/mol. The predicted molar refractivity (Wildman–Crippen MR) is 91.2 cm³/mol. The summed E-state index contributed by atoms with van der Waals surface area (Å²) in [4.78, 5) is 14.3. The van der Waals surface area contributed by atoms with Gasteiger partial charge in [-0.1, -0.05) is 12.1 Å². The highest BCUT2D eigenvalue weighted by atomic mass is 19.1. The van der Waals surface area contributed by atoms with Crippen molar-refractivity contribution in [3.05, 3.63) is 59.8 Å². The van der Waals surface area contributed by atoms with E-state index in [1.807, 2.05) is 17.0 Å². The number of hydrogen-bond acceptors (Lipinski definition) is 4. The van der Waals surface area contributed by atoms with Crippen molar-refractivity contribution in [3.63, 3.8) is 0 Å². The van der Waals surface area contributed by atoms with Crippen molar-refractivity contribution >= 4 is 5.91 Å². The normalized spacial score (nSPS) is 17.1. The predicted octanol–water partition coefficient (Wildman–Crippen LogP) is 2.72. The Morgan fingerprint density at radius 3 is 2.96 bits per heavy atom. The zero-order valence-corrected chi connectivity index (χ0v) is 14.1. The molecule has 1 aliphatic heterocycles. The molecule has 1 aromatic heterocycles. The minimum absolute atomic E-state index is 0.0919. The van der Waals surface area contributed by atoms with Crippen LogP contribution in [0.4, 0.5) is 4.39 Å². The summed E-state index contributed by atoms with van der Waals surface area (Å²) in [6, 6.07) is 10.1. The van der Waals surface area contributed by atoms with Crippen LogP contribution in [0, 0.1) is 5.82 Å². The first-order valence-electron chi connectivity index (χ1n) is 8.56. The molecule has 0 bridgehead atoms. The molecule has 5 nitrogen and oxygen atoms in total. The molecule has 3 rings (SSSR count). The molecule has 2 aromatic rings. The van der Waals surface area contributed by atoms with Gasteiger partial charge in [-0.3, -0.25) is 9.69 Å². The number of amides is 1. The number of benzene rings is 1. The highest BCUT2D eigenvalue weighted by Gasteiger charge is 2.21. The smallest absolute Gasteiger partial charge is 0.234 e. The van der Waals surface area contributed by atoms with Crippen molar-refractivity contribution in [1.82, 2.24) is 10.2 Å². The molecule has 1 aliphatic rings. The van der Waals surface area contributed by atoms with Gasteiger partial charge in [-0.15, -0.1) is 0 Å². The van der Waals surface area contributed by atoms with Gasteiger partial charge in [-0.05, 0) is 42.7 Å². The second-order valence-corrected chi connectivity index (χ2v) is 6.29. The number of nitrogens with zero attached hydrogens (tertiary/aromatic N) is 1. The van der Waals surface area contributed by atoms with E-state index in [4.69, 9.17) is 9.15 Å². The van der Waals surface area contributed by atoms with Crippen molar-refractivity contribution in [2.45, 2.75) is 32.0 Å². The SMILES string of the molecule is O=C(CN(Cc1cccc(F)c1)CC1CCCO1)NCc1ccco1. The molecule has 6 heteroatoms. The Bertz CT molecular complexity index is 669. The van der Waals surface area contributed by atoms with E-state index in [9.17, 15) is 9.18 Å². The first-order valence-corrected chi connectivity index (χ1v) is 8.56. The van der Waals surface area contributed by atoms with Crippen LogP contribution < -0.4 is 5.32 Å². The molecule has 0 aliphatic carbocycles. The van der Waals surface area contributed by atoms with E-state index in [2.05, 4.69) is 5.32 Å². The van der Waals surface area contributed by atoms with Gasteiger partial charge in [0.1, 0.15) is 11.6 Å². The molecule has 1 saturated heterocycles. The van der Waals surface area contributed by atoms with E-state index in [0.29, 0.717) is 25.4 Å². The summed E-state index contributed by atoms with van der Waals surface area (Å²) in [6.45, 7) is 2.52. The van der Waals surface area contributed by atoms with Crippen LogP contribution in [-0.2, 0) is 22.6 Å². The number of rotatable bonds is 8. The van der Waals surface area contributed by atoms with E-state index in [1.54, 1.807) is 18.4 Å². The lowest BCUT2D eigenvalue weighted by Crippen LogP contribution is -2.40. The standard InChI is InChI=1S/C19H23FN2O3/c20-16-5-1-4-15(10-16)12-22(13-18-7-3-9-25-18)14-19(23)21-11-17-6-2-8-24-17/h1-2,4-6,8,10,18H,3,7,9,11-14H2,(H,21,23). The van der Waals surface area contributed by atoms with Crippen molar-refractivity contribution in [1.29, 1.82) is 0 Å². The summed E-state index contributed by atoms with van der Waals surface area (Å²) in [7, 11) is 0. The van der Waals surface area contributed by atoms with Crippen LogP contribution >= 0.6 is 0 Å². The number of carbonyl (C=O) groups excluding carboxylic acids is 1. The van der Waals surface area contributed by atoms with E-state index in [0.717, 1.165) is 25.0 Å². The van der Waals surface area contributed by atoms with Crippen LogP contribution in [0.1, 0.15) is 24.2 Å². The molecular formula is C19H23FN2O3. The molecule has 1 unspecified atom stereocenters. The second-order valence-electron chi connectivity index (χ2n) is 6.29. The zero-order chi connectivity index (χ0) is 17.5. The van der Waals surface area contributed by atoms with Crippen LogP contribution in [0.25, 0.3) is 0 Å². The number of carbonyl (C=O) groups is 1. The largest absolute Gasteiger partial charge is 0.467 e. The fourth-order valence-corrected chi connectivity index (χ4v) is 3.01. The van der Waals surface area contributed by atoms with Crippen LogP contribution in [0.15, 0.2) is 47.1 Å². The van der Waals surface area contributed by atoms with E-state index < -0.39 is 0 Å². The summed E-state index contributed by atoms with van der Waals surface area (Å²) < 4.78 is 24.3. The minimum Gasteiger partial charge on any atom is -0.467 e. The van der Waals surface area contributed by atoms with Gasteiger partial charge in [0.05, 0.1) is 25.5 Å². The molecule has 1 aromatic carbocycles. The zero-order valence-electron chi connectivity index (χ0n) is 14.1. The Balaban J connectivity index is 1.57. The molecule has 1 fully saturated rings. The third-order valence-electron chi connectivity index (χ3n) is 4.19. The first kappa shape index (κ1) is 17.6. The van der Waals surface area contributed by atoms with Gasteiger partial charge >= 0.3 is 0 Å². The molecule has 1 atom stereocenters. The summed E-state index contributed by atoms with van der Waals surface area (Å²) in [5.41, 5.74) is 0.844. The molecule has 0 spiro atoms. The van der Waals surface area contributed by atoms with Gasteiger partial charge < -0.3 is 14.5 Å². The number of hydrogen-bond donors (Lipinski definition) is 1. The molecule has 0 saturated carbocycles. The minimum atomic E-state index is -0.267. The van der Waals surface area contributed by atoms with Crippen LogP contribution in [0.3, 0.4) is 0 Å². The topological polar surface area (TPSA) is 54.7 Å². The maximum Gasteiger partial charge on any atom is 0.234 e. The van der Waals surface area contributed by atoms with Crippen molar-refractivity contribution in [3.8, 4) is 0 Å². The quantitative estimate of drug-likeness (QED) is 0.798. The lowest BCUT2D eigenvalue weighted by atomic mass is 10.1. The van der Waals surface area contributed by atoms with E-state index >= 15 is 0 Å². The second kappa shape index (κ2) is 8.78. The molecule has 0 radical (unpaired) electrons. The molecule has 25 heavy (non-hydrogen) atoms. The monoisotopic (exact) mass is 346 g/mol.